The molecule has 7 nitrogen and oxygen atoms in total. The predicted molar refractivity (Wildman–Crippen MR) is 138 cm³/mol. The van der Waals surface area contributed by atoms with Crippen molar-refractivity contribution >= 4 is 33.5 Å². The monoisotopic (exact) mass is 520 g/mol. The van der Waals surface area contributed by atoms with Crippen LogP contribution in [0.1, 0.15) is 24.0 Å². The van der Waals surface area contributed by atoms with Gasteiger partial charge in [0.15, 0.2) is 0 Å². The molecule has 3 aromatic rings. The summed E-state index contributed by atoms with van der Waals surface area (Å²) in [5, 5.41) is 6.52. The third-order valence-corrected chi connectivity index (χ3v) is 6.87. The maximum Gasteiger partial charge on any atom is 0.237 e. The van der Waals surface area contributed by atoms with E-state index in [2.05, 4.69) is 84.8 Å². The van der Waals surface area contributed by atoms with Crippen LogP contribution in [0.4, 0.5) is 11.6 Å². The van der Waals surface area contributed by atoms with Gasteiger partial charge in [-0.25, -0.2) is 9.97 Å². The van der Waals surface area contributed by atoms with Gasteiger partial charge in [0.05, 0.1) is 11.7 Å². The van der Waals surface area contributed by atoms with E-state index in [1.165, 1.54) is 5.56 Å². The number of halogens is 1. The number of anilines is 2. The maximum atomic E-state index is 13.0. The summed E-state index contributed by atoms with van der Waals surface area (Å²) in [5.74, 6) is 0.682. The smallest absolute Gasteiger partial charge is 0.237 e. The normalized spacial score (nSPS) is 19.8. The lowest BCUT2D eigenvalue weighted by atomic mass is 10.1. The topological polar surface area (TPSA) is 73.4 Å². The summed E-state index contributed by atoms with van der Waals surface area (Å²) in [6, 6.07) is 16.5. The Labute approximate surface area is 208 Å². The van der Waals surface area contributed by atoms with Crippen LogP contribution < -0.4 is 10.6 Å². The van der Waals surface area contributed by atoms with Gasteiger partial charge in [0.2, 0.25) is 11.9 Å². The molecule has 3 aliphatic rings. The number of nitrogens with one attached hydrogen (secondary N) is 2. The Morgan fingerprint density at radius 1 is 1.03 bits per heavy atom. The molecule has 6 bridgehead atoms. The van der Waals surface area contributed by atoms with Crippen LogP contribution in [0.3, 0.4) is 0 Å². The average Bonchev–Trinajstić information content (AvgIpc) is 3.27. The van der Waals surface area contributed by atoms with Gasteiger partial charge in [-0.2, -0.15) is 0 Å². The van der Waals surface area contributed by atoms with Crippen molar-refractivity contribution in [3.05, 3.63) is 70.3 Å². The average molecular weight is 521 g/mol. The van der Waals surface area contributed by atoms with Crippen molar-refractivity contribution in [1.82, 2.24) is 25.1 Å². The SMILES string of the molecule is CN1CCNC(=O)[C@@H]2CCCN2Cc2cc(Br)cc(c2)Nc2nccc(n2)-c2ccc(cc2)C1. The molecule has 8 heteroatoms. The van der Waals surface area contributed by atoms with E-state index in [9.17, 15) is 4.79 Å². The number of likely N-dealkylation sites (N-methyl/N-ethyl adjacent to an activating group) is 1. The molecule has 0 saturated carbocycles. The highest BCUT2D eigenvalue weighted by molar-refractivity contribution is 9.10. The van der Waals surface area contributed by atoms with E-state index in [0.717, 1.165) is 66.0 Å². The molecule has 0 aliphatic carbocycles. The van der Waals surface area contributed by atoms with Gasteiger partial charge in [-0.1, -0.05) is 40.2 Å². The second-order valence-corrected chi connectivity index (χ2v) is 10.0. The molecular weight excluding hydrogens is 492 g/mol. The predicted octanol–water partition coefficient (Wildman–Crippen LogP) is 4.18. The van der Waals surface area contributed by atoms with Gasteiger partial charge in [-0.3, -0.25) is 9.69 Å². The molecule has 3 aliphatic heterocycles. The molecule has 2 aromatic carbocycles. The number of rotatable bonds is 0. The highest BCUT2D eigenvalue weighted by atomic mass is 79.9. The van der Waals surface area contributed by atoms with Crippen LogP contribution in [-0.4, -0.2) is 58.4 Å². The van der Waals surface area contributed by atoms with Gasteiger partial charge in [0.1, 0.15) is 0 Å². The largest absolute Gasteiger partial charge is 0.353 e. The molecule has 6 rings (SSSR count). The zero-order valence-electron chi connectivity index (χ0n) is 19.3. The molecule has 1 aromatic heterocycles. The van der Waals surface area contributed by atoms with Crippen LogP contribution in [-0.2, 0) is 17.9 Å². The van der Waals surface area contributed by atoms with E-state index in [0.29, 0.717) is 12.5 Å². The van der Waals surface area contributed by atoms with E-state index in [-0.39, 0.29) is 11.9 Å². The van der Waals surface area contributed by atoms with Crippen LogP contribution in [0.2, 0.25) is 0 Å². The minimum atomic E-state index is -0.0844. The minimum Gasteiger partial charge on any atom is -0.353 e. The molecule has 1 amide bonds. The van der Waals surface area contributed by atoms with Gasteiger partial charge >= 0.3 is 0 Å². The standard InChI is InChI=1S/C26H29BrN6O/c1-32-12-10-28-25(34)24-3-2-11-33(24)17-19-13-21(27)15-22(14-19)30-26-29-9-8-23(31-26)20-6-4-18(16-32)5-7-20/h4-9,13-15,24H,2-3,10-12,16-17H2,1H3,(H,28,34)(H,29,30,31)/t24-/m0/s1. The summed E-state index contributed by atoms with van der Waals surface area (Å²) < 4.78 is 0.977. The molecule has 0 radical (unpaired) electrons. The number of hydrogen-bond donors (Lipinski definition) is 2. The molecule has 2 N–H and O–H groups in total. The molecule has 4 heterocycles. The fourth-order valence-corrected chi connectivity index (χ4v) is 5.27. The van der Waals surface area contributed by atoms with E-state index in [1.807, 2.05) is 12.1 Å². The maximum absolute atomic E-state index is 13.0. The summed E-state index contributed by atoms with van der Waals surface area (Å²) >= 11 is 3.64. The van der Waals surface area contributed by atoms with Gasteiger partial charge < -0.3 is 15.5 Å². The third-order valence-electron chi connectivity index (χ3n) is 6.42. The highest BCUT2D eigenvalue weighted by Gasteiger charge is 2.30. The Hall–Kier alpha value is -2.81. The van der Waals surface area contributed by atoms with Crippen molar-refractivity contribution in [3.63, 3.8) is 0 Å². The zero-order valence-corrected chi connectivity index (χ0v) is 20.9. The molecule has 176 valence electrons. The lowest BCUT2D eigenvalue weighted by Gasteiger charge is -2.25. The van der Waals surface area contributed by atoms with Crippen LogP contribution in [0.15, 0.2) is 59.2 Å². The Bertz CT molecular complexity index is 1170. The Kier molecular flexibility index (Phi) is 6.89. The first-order valence-corrected chi connectivity index (χ1v) is 12.5. The van der Waals surface area contributed by atoms with Crippen LogP contribution in [0.5, 0.6) is 0 Å². The van der Waals surface area contributed by atoms with Crippen molar-refractivity contribution in [2.45, 2.75) is 32.0 Å². The third kappa shape index (κ3) is 5.46. The number of amides is 1. The number of nitrogens with zero attached hydrogens (tertiary/aromatic N) is 4. The molecule has 0 unspecified atom stereocenters. The number of hydrogen-bond acceptors (Lipinski definition) is 6. The van der Waals surface area contributed by atoms with Crippen molar-refractivity contribution < 1.29 is 4.79 Å². The fourth-order valence-electron chi connectivity index (χ4n) is 4.73. The number of carbonyl (C=O) groups excluding carboxylic acids is 1. The quantitative estimate of drug-likeness (QED) is 0.463. The van der Waals surface area contributed by atoms with Crippen LogP contribution in [0.25, 0.3) is 11.3 Å². The highest BCUT2D eigenvalue weighted by Crippen LogP contribution is 2.27. The summed E-state index contributed by atoms with van der Waals surface area (Å²) in [4.78, 5) is 26.6. The molecule has 0 spiro atoms. The molecule has 1 atom stereocenters. The summed E-state index contributed by atoms with van der Waals surface area (Å²) in [6.45, 7) is 3.92. The fraction of sp³-hybridized carbons (Fsp3) is 0.346. The second-order valence-electron chi connectivity index (χ2n) is 9.09. The molecule has 1 saturated heterocycles. The van der Waals surface area contributed by atoms with Crippen molar-refractivity contribution in [2.24, 2.45) is 0 Å². The first kappa shape index (κ1) is 23.0. The number of carbonyl (C=O) groups is 1. The number of aromatic nitrogens is 2. The van der Waals surface area contributed by atoms with Gasteiger partial charge in [0, 0.05) is 48.1 Å². The van der Waals surface area contributed by atoms with E-state index < -0.39 is 0 Å². The molecule has 34 heavy (non-hydrogen) atoms. The molecule has 1 fully saturated rings. The number of fused-ring (bicyclic) bond motifs is 7. The second kappa shape index (κ2) is 10.2. The Morgan fingerprint density at radius 2 is 1.88 bits per heavy atom. The number of benzene rings is 2. The summed E-state index contributed by atoms with van der Waals surface area (Å²) in [6.07, 6.45) is 3.71. The lowest BCUT2D eigenvalue weighted by molar-refractivity contribution is -0.125. The summed E-state index contributed by atoms with van der Waals surface area (Å²) in [7, 11) is 2.08. The van der Waals surface area contributed by atoms with Crippen molar-refractivity contribution in [2.75, 3.05) is 32.0 Å². The van der Waals surface area contributed by atoms with E-state index in [1.54, 1.807) is 6.20 Å². The van der Waals surface area contributed by atoms with Gasteiger partial charge in [0.25, 0.3) is 0 Å². The first-order chi connectivity index (χ1) is 16.5. The lowest BCUT2D eigenvalue weighted by Crippen LogP contribution is -2.44. The first-order valence-electron chi connectivity index (χ1n) is 11.7. The molecular formula is C26H29BrN6O. The van der Waals surface area contributed by atoms with E-state index in [4.69, 9.17) is 4.98 Å². The minimum absolute atomic E-state index is 0.0844. The van der Waals surface area contributed by atoms with Crippen LogP contribution in [0, 0.1) is 0 Å². The van der Waals surface area contributed by atoms with Crippen molar-refractivity contribution in [1.29, 1.82) is 0 Å². The van der Waals surface area contributed by atoms with Crippen LogP contribution >= 0.6 is 15.9 Å². The zero-order chi connectivity index (χ0) is 23.5. The Morgan fingerprint density at radius 3 is 2.74 bits per heavy atom. The van der Waals surface area contributed by atoms with Gasteiger partial charge in [-0.05, 0) is 61.8 Å². The Balaban J connectivity index is 1.47. The van der Waals surface area contributed by atoms with Gasteiger partial charge in [-0.15, -0.1) is 0 Å². The van der Waals surface area contributed by atoms with Crippen molar-refractivity contribution in [3.8, 4) is 11.3 Å². The summed E-state index contributed by atoms with van der Waals surface area (Å²) in [5.41, 5.74) is 5.20. The van der Waals surface area contributed by atoms with E-state index >= 15 is 0 Å².